The van der Waals surface area contributed by atoms with Gasteiger partial charge in [-0.2, -0.15) is 0 Å². The molecule has 0 aliphatic heterocycles. The fourth-order valence-corrected chi connectivity index (χ4v) is 5.53. The van der Waals surface area contributed by atoms with E-state index < -0.39 is 54.4 Å². The van der Waals surface area contributed by atoms with Crippen molar-refractivity contribution in [1.82, 2.24) is 0 Å². The van der Waals surface area contributed by atoms with Crippen LogP contribution in [0.2, 0.25) is 0 Å². The minimum Gasteiger partial charge on any atom is -0.310 e. The molecule has 1 nitrogen and oxygen atoms in total. The first-order chi connectivity index (χ1) is 25.9. The second kappa shape index (κ2) is 10.6. The number of benzene rings is 8. The molecule has 8 aromatic rings. The summed E-state index contributed by atoms with van der Waals surface area (Å²) in [5, 5.41) is 3.05. The fourth-order valence-electron chi connectivity index (χ4n) is 5.53. The van der Waals surface area contributed by atoms with E-state index in [4.69, 9.17) is 8.22 Å². The SMILES string of the molecule is [2H]c1c([2H])c(N(c2cccc(-c3ccc4ccccc4c3)c2)c2c([2H])c([2H])c([2H])c3c([2H])c([2H])c([2H])c([2H])c23)c([2H])c([2H])c1-c1cccc2ccccc12. The predicted octanol–water partition coefficient (Wildman–Crippen LogP) is 11.9. The molecule has 0 saturated carbocycles. The lowest BCUT2D eigenvalue weighted by Crippen LogP contribution is -2.10. The standard InChI is InChI=1S/C42H29N/c1-2-13-34-28-36(23-22-30(34)10-1)35-16-7-17-38(29-35)43(42-21-9-15-32-12-4-6-19-41(32)42)37-26-24-33(25-27-37)40-20-8-14-31-11-3-5-18-39(31)40/h1-29H/i4D,6D,9D,12D,15D,19D,21D,24D,25D,26D,27D. The second-order valence-electron chi connectivity index (χ2n) is 10.2. The van der Waals surface area contributed by atoms with Gasteiger partial charge in [-0.25, -0.2) is 0 Å². The molecule has 43 heavy (non-hydrogen) atoms. The summed E-state index contributed by atoms with van der Waals surface area (Å²) in [5.41, 5.74) is 1.77. The molecule has 0 amide bonds. The van der Waals surface area contributed by atoms with Crippen LogP contribution in [0, 0.1) is 0 Å². The average molecular weight is 559 g/mol. The van der Waals surface area contributed by atoms with Gasteiger partial charge in [0.05, 0.1) is 20.8 Å². The normalized spacial score (nSPS) is 14.8. The summed E-state index contributed by atoms with van der Waals surface area (Å²) in [6.45, 7) is 0. The lowest BCUT2D eigenvalue weighted by Gasteiger charge is -2.27. The molecular weight excluding hydrogens is 518 g/mol. The molecule has 0 radical (unpaired) electrons. The molecule has 202 valence electrons. The van der Waals surface area contributed by atoms with Crippen molar-refractivity contribution >= 4 is 49.4 Å². The lowest BCUT2D eigenvalue weighted by molar-refractivity contribution is 1.30. The van der Waals surface area contributed by atoms with Crippen LogP contribution in [0.3, 0.4) is 0 Å². The average Bonchev–Trinajstić information content (AvgIpc) is 3.19. The monoisotopic (exact) mass is 558 g/mol. The summed E-state index contributed by atoms with van der Waals surface area (Å²) in [7, 11) is 0. The molecule has 8 rings (SSSR count). The van der Waals surface area contributed by atoms with E-state index in [9.17, 15) is 6.85 Å². The zero-order valence-electron chi connectivity index (χ0n) is 33.8. The van der Waals surface area contributed by atoms with Gasteiger partial charge in [-0.15, -0.1) is 0 Å². The Morgan fingerprint density at radius 3 is 2.02 bits per heavy atom. The maximum Gasteiger partial charge on any atom is 0.0645 e. The van der Waals surface area contributed by atoms with E-state index in [-0.39, 0.29) is 45.5 Å². The molecule has 0 heterocycles. The van der Waals surface area contributed by atoms with Crippen molar-refractivity contribution < 1.29 is 15.1 Å². The molecule has 0 aromatic heterocycles. The Hall–Kier alpha value is -5.66. The number of hydrogen-bond donors (Lipinski definition) is 0. The number of hydrogen-bond acceptors (Lipinski definition) is 1. The van der Waals surface area contributed by atoms with Crippen molar-refractivity contribution in [2.75, 3.05) is 4.90 Å². The van der Waals surface area contributed by atoms with Gasteiger partial charge in [0.25, 0.3) is 0 Å². The van der Waals surface area contributed by atoms with Crippen LogP contribution in [-0.2, 0) is 0 Å². The number of rotatable bonds is 5. The highest BCUT2D eigenvalue weighted by Crippen LogP contribution is 2.41. The van der Waals surface area contributed by atoms with Crippen LogP contribution in [0.25, 0.3) is 54.6 Å². The summed E-state index contributed by atoms with van der Waals surface area (Å²) in [6.07, 6.45) is 0. The van der Waals surface area contributed by atoms with E-state index in [1.165, 1.54) is 4.90 Å². The van der Waals surface area contributed by atoms with Gasteiger partial charge >= 0.3 is 0 Å². The zero-order valence-corrected chi connectivity index (χ0v) is 22.8. The summed E-state index contributed by atoms with van der Waals surface area (Å²) < 4.78 is 99.1. The third kappa shape index (κ3) is 4.62. The van der Waals surface area contributed by atoms with E-state index in [1.54, 1.807) is 30.3 Å². The van der Waals surface area contributed by atoms with E-state index in [2.05, 4.69) is 0 Å². The molecule has 0 atom stereocenters. The molecule has 0 spiro atoms. The molecule has 0 saturated heterocycles. The van der Waals surface area contributed by atoms with E-state index in [0.717, 1.165) is 27.1 Å². The molecule has 0 aliphatic rings. The van der Waals surface area contributed by atoms with E-state index in [1.807, 2.05) is 78.9 Å². The van der Waals surface area contributed by atoms with E-state index >= 15 is 0 Å². The maximum atomic E-state index is 9.49. The van der Waals surface area contributed by atoms with Gasteiger partial charge in [0, 0.05) is 16.8 Å². The minimum atomic E-state index is -0.624. The minimum absolute atomic E-state index is 0.0657. The summed E-state index contributed by atoms with van der Waals surface area (Å²) in [5.74, 6) is 0. The van der Waals surface area contributed by atoms with Crippen LogP contribution >= 0.6 is 0 Å². The summed E-state index contributed by atoms with van der Waals surface area (Å²) in [4.78, 5) is 1.28. The molecule has 0 aliphatic carbocycles. The van der Waals surface area contributed by atoms with Gasteiger partial charge in [0.1, 0.15) is 0 Å². The largest absolute Gasteiger partial charge is 0.310 e. The van der Waals surface area contributed by atoms with Gasteiger partial charge in [0.2, 0.25) is 0 Å². The van der Waals surface area contributed by atoms with Crippen molar-refractivity contribution in [2.24, 2.45) is 0 Å². The van der Waals surface area contributed by atoms with Crippen molar-refractivity contribution in [3.05, 3.63) is 176 Å². The zero-order chi connectivity index (χ0) is 38.2. The molecule has 1 heteroatoms. The van der Waals surface area contributed by atoms with E-state index in [0.29, 0.717) is 11.1 Å². The molecule has 0 fully saturated rings. The topological polar surface area (TPSA) is 3.24 Å². The highest BCUT2D eigenvalue weighted by atomic mass is 15.1. The highest BCUT2D eigenvalue weighted by molar-refractivity contribution is 6.00. The number of anilines is 3. The predicted molar refractivity (Wildman–Crippen MR) is 185 cm³/mol. The first kappa shape index (κ1) is 16.1. The number of fused-ring (bicyclic) bond motifs is 3. The Labute approximate surface area is 267 Å². The highest BCUT2D eigenvalue weighted by Gasteiger charge is 2.16. The van der Waals surface area contributed by atoms with Crippen molar-refractivity contribution in [1.29, 1.82) is 0 Å². The molecule has 8 aromatic carbocycles. The van der Waals surface area contributed by atoms with Crippen LogP contribution in [0.1, 0.15) is 15.1 Å². The van der Waals surface area contributed by atoms with Crippen molar-refractivity contribution in [2.45, 2.75) is 0 Å². The van der Waals surface area contributed by atoms with Crippen LogP contribution in [-0.4, -0.2) is 0 Å². The van der Waals surface area contributed by atoms with Crippen LogP contribution < -0.4 is 4.90 Å². The van der Waals surface area contributed by atoms with Gasteiger partial charge in [0.15, 0.2) is 0 Å². The molecule has 0 N–H and O–H groups in total. The Morgan fingerprint density at radius 1 is 0.395 bits per heavy atom. The Kier molecular flexibility index (Phi) is 3.98. The maximum absolute atomic E-state index is 9.49. The van der Waals surface area contributed by atoms with Gasteiger partial charge < -0.3 is 4.90 Å². The quantitative estimate of drug-likeness (QED) is 0.203. The van der Waals surface area contributed by atoms with Crippen LogP contribution in [0.15, 0.2) is 176 Å². The first-order valence-corrected chi connectivity index (χ1v) is 13.9. The molecule has 0 unspecified atom stereocenters. The Bertz CT molecular complexity index is 2830. The van der Waals surface area contributed by atoms with Crippen LogP contribution in [0.4, 0.5) is 17.1 Å². The smallest absolute Gasteiger partial charge is 0.0645 e. The molecular formula is C42H29N. The molecule has 0 bridgehead atoms. The van der Waals surface area contributed by atoms with Crippen molar-refractivity contribution in [3.8, 4) is 22.3 Å². The summed E-state index contributed by atoms with van der Waals surface area (Å²) >= 11 is 0. The van der Waals surface area contributed by atoms with Gasteiger partial charge in [-0.3, -0.25) is 0 Å². The van der Waals surface area contributed by atoms with Crippen molar-refractivity contribution in [3.63, 3.8) is 0 Å². The first-order valence-electron chi connectivity index (χ1n) is 19.4. The number of nitrogens with zero attached hydrogens (tertiary/aromatic N) is 1. The Balaban J connectivity index is 1.49. The third-order valence-electron chi connectivity index (χ3n) is 7.60. The summed E-state index contributed by atoms with van der Waals surface area (Å²) in [6, 6.07) is 27.8. The third-order valence-corrected chi connectivity index (χ3v) is 7.60. The van der Waals surface area contributed by atoms with Gasteiger partial charge in [-0.05, 0) is 85.5 Å². The fraction of sp³-hybridized carbons (Fsp3) is 0. The Morgan fingerprint density at radius 2 is 1.12 bits per heavy atom. The van der Waals surface area contributed by atoms with Gasteiger partial charge in [-0.1, -0.05) is 139 Å². The van der Waals surface area contributed by atoms with Crippen LogP contribution in [0.5, 0.6) is 0 Å². The second-order valence-corrected chi connectivity index (χ2v) is 10.2. The lowest BCUT2D eigenvalue weighted by atomic mass is 9.97.